The van der Waals surface area contributed by atoms with Crippen molar-refractivity contribution in [1.29, 1.82) is 0 Å². The molecule has 0 radical (unpaired) electrons. The molecule has 1 unspecified atom stereocenters. The number of aryl methyl sites for hydroxylation is 1. The van der Waals surface area contributed by atoms with Gasteiger partial charge in [0.05, 0.1) is 11.3 Å². The lowest BCUT2D eigenvalue weighted by molar-refractivity contribution is 0.0721. The highest BCUT2D eigenvalue weighted by atomic mass is 32.2. The Morgan fingerprint density at radius 2 is 2.00 bits per heavy atom. The van der Waals surface area contributed by atoms with Gasteiger partial charge in [-0.25, -0.2) is 4.99 Å². The number of H-pyrrole nitrogens is 1. The number of carbonyl (C=O) groups is 1. The van der Waals surface area contributed by atoms with E-state index in [2.05, 4.69) is 14.1 Å². The third-order valence-electron chi connectivity index (χ3n) is 5.85. The molecule has 0 saturated carbocycles. The van der Waals surface area contributed by atoms with Crippen molar-refractivity contribution < 1.29 is 18.9 Å². The Kier molecular flexibility index (Phi) is 6.81. The Morgan fingerprint density at radius 1 is 1.26 bits per heavy atom. The molecule has 10 heteroatoms. The lowest BCUT2D eigenvalue weighted by atomic mass is 9.86. The molecule has 2 atom stereocenters. The van der Waals surface area contributed by atoms with E-state index in [0.717, 1.165) is 25.0 Å². The van der Waals surface area contributed by atoms with Crippen LogP contribution in [0.2, 0.25) is 0 Å². The maximum absolute atomic E-state index is 13.0. The topological polar surface area (TPSA) is 130 Å². The molecular weight excluding hydrogens is 454 g/mol. The zero-order valence-corrected chi connectivity index (χ0v) is 20.7. The highest BCUT2D eigenvalue weighted by Gasteiger charge is 2.30. The predicted molar refractivity (Wildman–Crippen MR) is 130 cm³/mol. The second-order valence-electron chi connectivity index (χ2n) is 9.67. The molecule has 3 aromatic rings. The highest BCUT2D eigenvalue weighted by molar-refractivity contribution is 7.13. The van der Waals surface area contributed by atoms with Crippen LogP contribution in [0.15, 0.2) is 39.7 Å². The summed E-state index contributed by atoms with van der Waals surface area (Å²) < 4.78 is 24.9. The fourth-order valence-electron chi connectivity index (χ4n) is 4.07. The molecule has 1 fully saturated rings. The number of aromatic nitrogens is 2. The first-order chi connectivity index (χ1) is 16.1. The van der Waals surface area contributed by atoms with Crippen molar-refractivity contribution in [3.05, 3.63) is 52.9 Å². The smallest absolute Gasteiger partial charge is 0.257 e. The standard InChI is InChI=1S/C24H31N5O4S/c1-15-11-12-18(33-15)20(24(2,3)4)26-22-21(27-34(32)28-22)25-17-10-8-9-16(19(17)30)23(31)29-13-6-5-7-14-29/h8-12,20,30H,5-7,13-14H2,1-4H3,(H,25,27)(H,26,28)/t20-,34?/m0/s1. The number of para-hydroxylation sites is 1. The summed E-state index contributed by atoms with van der Waals surface area (Å²) in [5.41, 5.74) is 0.504. The average molecular weight is 486 g/mol. The number of furan rings is 1. The van der Waals surface area contributed by atoms with Gasteiger partial charge in [0, 0.05) is 17.5 Å². The normalized spacial score (nSPS) is 16.6. The Morgan fingerprint density at radius 3 is 2.65 bits per heavy atom. The van der Waals surface area contributed by atoms with Crippen molar-refractivity contribution in [2.45, 2.75) is 53.0 Å². The van der Waals surface area contributed by atoms with Gasteiger partial charge in [-0.2, -0.15) is 0 Å². The zero-order chi connectivity index (χ0) is 24.5. The van der Waals surface area contributed by atoms with Gasteiger partial charge >= 0.3 is 0 Å². The van der Waals surface area contributed by atoms with Crippen LogP contribution in [-0.2, 0) is 0 Å². The van der Waals surface area contributed by atoms with Gasteiger partial charge in [0.25, 0.3) is 5.91 Å². The monoisotopic (exact) mass is 485 g/mol. The van der Waals surface area contributed by atoms with Crippen molar-refractivity contribution in [2.75, 3.05) is 18.4 Å². The number of likely N-dealkylation sites (tertiary alicyclic amines) is 1. The number of phenols is 1. The molecule has 1 aromatic carbocycles. The van der Waals surface area contributed by atoms with Crippen molar-refractivity contribution in [1.82, 2.24) is 13.6 Å². The van der Waals surface area contributed by atoms with Crippen LogP contribution in [-0.4, -0.2) is 42.3 Å². The van der Waals surface area contributed by atoms with Crippen LogP contribution in [0.25, 0.3) is 0 Å². The van der Waals surface area contributed by atoms with E-state index in [9.17, 15) is 14.5 Å². The van der Waals surface area contributed by atoms with Crippen molar-refractivity contribution >= 4 is 28.6 Å². The molecule has 3 heterocycles. The molecule has 0 bridgehead atoms. The number of anilines is 2. The van der Waals surface area contributed by atoms with E-state index in [4.69, 9.17) is 9.41 Å². The second-order valence-corrected chi connectivity index (χ2v) is 10.6. The first-order valence-electron chi connectivity index (χ1n) is 11.4. The minimum atomic E-state index is -1.72. The van der Waals surface area contributed by atoms with E-state index < -0.39 is 11.1 Å². The molecule has 1 aliphatic heterocycles. The summed E-state index contributed by atoms with van der Waals surface area (Å²) in [7, 11) is 0. The summed E-state index contributed by atoms with van der Waals surface area (Å²) in [5.74, 6) is 1.30. The lowest BCUT2D eigenvalue weighted by Gasteiger charge is -2.27. The predicted octanol–water partition coefficient (Wildman–Crippen LogP) is 4.80. The summed E-state index contributed by atoms with van der Waals surface area (Å²) in [5, 5.41) is 13.9. The molecule has 3 N–H and O–H groups in total. The third-order valence-corrected chi connectivity index (χ3v) is 6.57. The maximum Gasteiger partial charge on any atom is 0.257 e. The van der Waals surface area contributed by atoms with Crippen LogP contribution >= 0.6 is 11.1 Å². The lowest BCUT2D eigenvalue weighted by Crippen LogP contribution is -2.35. The number of nitrogens with one attached hydrogen (secondary N) is 2. The van der Waals surface area contributed by atoms with E-state index >= 15 is 0 Å². The molecule has 1 saturated heterocycles. The first kappa shape index (κ1) is 24.0. The quantitative estimate of drug-likeness (QED) is 0.351. The molecule has 0 spiro atoms. The van der Waals surface area contributed by atoms with E-state index in [0.29, 0.717) is 24.3 Å². The first-order valence-corrected chi connectivity index (χ1v) is 12.5. The van der Waals surface area contributed by atoms with Crippen LogP contribution in [0, 0.1) is 12.3 Å². The Labute approximate surface area is 201 Å². The summed E-state index contributed by atoms with van der Waals surface area (Å²) in [6, 6.07) is 8.33. The van der Waals surface area contributed by atoms with Gasteiger partial charge in [0.2, 0.25) is 11.3 Å². The molecule has 4 rings (SSSR count). The van der Waals surface area contributed by atoms with Crippen LogP contribution in [0.4, 0.5) is 11.5 Å². The van der Waals surface area contributed by atoms with Gasteiger partial charge in [-0.3, -0.25) is 4.79 Å². The Bertz CT molecular complexity index is 1230. The minimum Gasteiger partial charge on any atom is -0.548 e. The number of aromatic hydroxyl groups is 1. The van der Waals surface area contributed by atoms with E-state index in [1.165, 1.54) is 0 Å². The SMILES string of the molecule is Cc1ccc([C@H](N=c2[nH][s+]([O-])nc2Nc2cccc(C(=O)N3CCCCC3)c2O)C(C)(C)C)o1. The molecule has 9 nitrogen and oxygen atoms in total. The molecule has 0 aliphatic carbocycles. The number of aromatic amines is 1. The van der Waals surface area contributed by atoms with Gasteiger partial charge in [-0.15, -0.1) is 4.37 Å². The number of nitrogens with zero attached hydrogens (tertiary/aromatic N) is 3. The summed E-state index contributed by atoms with van der Waals surface area (Å²) in [6.45, 7) is 9.35. The minimum absolute atomic E-state index is 0.174. The summed E-state index contributed by atoms with van der Waals surface area (Å²) in [4.78, 5) is 19.5. The molecule has 34 heavy (non-hydrogen) atoms. The van der Waals surface area contributed by atoms with Gasteiger partial charge in [-0.1, -0.05) is 26.8 Å². The number of benzene rings is 1. The molecule has 1 amide bonds. The fourth-order valence-corrected chi connectivity index (χ4v) is 4.73. The maximum atomic E-state index is 13.0. The van der Waals surface area contributed by atoms with E-state index in [1.807, 2.05) is 39.8 Å². The van der Waals surface area contributed by atoms with Crippen molar-refractivity contribution in [3.8, 4) is 5.75 Å². The number of hydrogen-bond donors (Lipinski definition) is 3. The number of phenolic OH excluding ortho intramolecular Hbond substituents is 1. The number of rotatable bonds is 5. The fraction of sp³-hybridized carbons (Fsp3) is 0.458. The van der Waals surface area contributed by atoms with Crippen molar-refractivity contribution in [3.63, 3.8) is 0 Å². The van der Waals surface area contributed by atoms with Crippen LogP contribution in [0.3, 0.4) is 0 Å². The van der Waals surface area contributed by atoms with E-state index in [1.54, 1.807) is 23.1 Å². The van der Waals surface area contributed by atoms with Crippen LogP contribution < -0.4 is 10.8 Å². The van der Waals surface area contributed by atoms with Gasteiger partial charge in [0.1, 0.15) is 17.6 Å². The molecule has 182 valence electrons. The van der Waals surface area contributed by atoms with Gasteiger partial charge in [0.15, 0.2) is 16.9 Å². The second kappa shape index (κ2) is 9.63. The van der Waals surface area contributed by atoms with Crippen LogP contribution in [0.5, 0.6) is 5.75 Å². The number of piperidine rings is 1. The van der Waals surface area contributed by atoms with Gasteiger partial charge in [-0.05, 0) is 55.9 Å². The van der Waals surface area contributed by atoms with E-state index in [-0.39, 0.29) is 40.2 Å². The number of amides is 1. The average Bonchev–Trinajstić information content (AvgIpc) is 3.37. The number of hydrogen-bond acceptors (Lipinski definition) is 7. The third kappa shape index (κ3) is 5.18. The molecule has 1 aliphatic rings. The van der Waals surface area contributed by atoms with Crippen molar-refractivity contribution in [2.24, 2.45) is 10.4 Å². The highest BCUT2D eigenvalue weighted by Crippen LogP contribution is 2.37. The van der Waals surface area contributed by atoms with Gasteiger partial charge < -0.3 is 24.3 Å². The molecule has 2 aromatic heterocycles. The Balaban J connectivity index is 1.68. The largest absolute Gasteiger partial charge is 0.548 e. The summed E-state index contributed by atoms with van der Waals surface area (Å²) >= 11 is -1.72. The van der Waals surface area contributed by atoms with Crippen LogP contribution in [0.1, 0.15) is 68.0 Å². The Hall–Kier alpha value is -3.11. The summed E-state index contributed by atoms with van der Waals surface area (Å²) in [6.07, 6.45) is 3.03. The number of carbonyl (C=O) groups excluding carboxylic acids is 1. The zero-order valence-electron chi connectivity index (χ0n) is 19.9. The molecular formula is C24H31N5O4S.